The zero-order chi connectivity index (χ0) is 14.1. The van der Waals surface area contributed by atoms with E-state index in [2.05, 4.69) is 10.3 Å². The number of hydrogen-bond donors (Lipinski definition) is 1. The number of carbonyl (C=O) groups excluding carboxylic acids is 1. The first-order chi connectivity index (χ1) is 9.63. The molecule has 5 heteroatoms. The first-order valence-electron chi connectivity index (χ1n) is 7.55. The van der Waals surface area contributed by atoms with Crippen molar-refractivity contribution >= 4 is 17.2 Å². The molecule has 4 nitrogen and oxygen atoms in total. The summed E-state index contributed by atoms with van der Waals surface area (Å²) in [7, 11) is 1.89. The fraction of sp³-hybridized carbons (Fsp3) is 0.733. The number of nitrogens with one attached hydrogen (secondary N) is 1. The van der Waals surface area contributed by atoms with Crippen molar-refractivity contribution in [2.45, 2.75) is 57.7 Å². The van der Waals surface area contributed by atoms with Crippen LogP contribution in [0.3, 0.4) is 0 Å². The molecule has 1 saturated carbocycles. The second-order valence-corrected chi connectivity index (χ2v) is 7.22. The van der Waals surface area contributed by atoms with Crippen LogP contribution in [0.4, 0.5) is 0 Å². The van der Waals surface area contributed by atoms with Crippen molar-refractivity contribution in [3.63, 3.8) is 0 Å². The predicted octanol–water partition coefficient (Wildman–Crippen LogP) is 2.33. The lowest BCUT2D eigenvalue weighted by Gasteiger charge is -2.24. The highest BCUT2D eigenvalue weighted by Crippen LogP contribution is 2.33. The van der Waals surface area contributed by atoms with Crippen molar-refractivity contribution < 1.29 is 4.79 Å². The van der Waals surface area contributed by atoms with Crippen LogP contribution < -0.4 is 5.32 Å². The van der Waals surface area contributed by atoms with Crippen LogP contribution in [0.2, 0.25) is 0 Å². The van der Waals surface area contributed by atoms with Gasteiger partial charge in [0, 0.05) is 18.5 Å². The van der Waals surface area contributed by atoms with E-state index in [0.29, 0.717) is 18.5 Å². The van der Waals surface area contributed by atoms with E-state index in [1.165, 1.54) is 25.7 Å². The summed E-state index contributed by atoms with van der Waals surface area (Å²) in [5.74, 6) is 0.942. The van der Waals surface area contributed by atoms with Crippen LogP contribution in [0.25, 0.3) is 0 Å². The smallest absolute Gasteiger partial charge is 0.239 e. The standard InChI is InChI=1S/C15H23N3OS/c1-10-16-12(9-20-10)8-18(2)15(19)14-7-11-5-3-4-6-13(11)17-14/h9,11,13-14,17H,3-8H2,1-2H3. The number of carbonyl (C=O) groups is 1. The third-order valence-electron chi connectivity index (χ3n) is 4.60. The molecule has 0 aromatic carbocycles. The van der Waals surface area contributed by atoms with Crippen molar-refractivity contribution in [1.29, 1.82) is 0 Å². The molecule has 1 amide bonds. The summed E-state index contributed by atoms with van der Waals surface area (Å²) in [6.45, 7) is 2.62. The van der Waals surface area contributed by atoms with Gasteiger partial charge < -0.3 is 10.2 Å². The summed E-state index contributed by atoms with van der Waals surface area (Å²) in [5.41, 5.74) is 0.999. The van der Waals surface area contributed by atoms with Gasteiger partial charge in [0.05, 0.1) is 23.3 Å². The van der Waals surface area contributed by atoms with Crippen molar-refractivity contribution in [1.82, 2.24) is 15.2 Å². The number of fused-ring (bicyclic) bond motifs is 1. The molecule has 20 heavy (non-hydrogen) atoms. The number of amides is 1. The summed E-state index contributed by atoms with van der Waals surface area (Å²) >= 11 is 1.64. The maximum atomic E-state index is 12.5. The van der Waals surface area contributed by atoms with E-state index >= 15 is 0 Å². The Morgan fingerprint density at radius 1 is 1.50 bits per heavy atom. The van der Waals surface area contributed by atoms with Crippen molar-refractivity contribution in [3.8, 4) is 0 Å². The molecule has 1 aliphatic carbocycles. The molecule has 1 N–H and O–H groups in total. The zero-order valence-electron chi connectivity index (χ0n) is 12.3. The number of hydrogen-bond acceptors (Lipinski definition) is 4. The Morgan fingerprint density at radius 2 is 2.30 bits per heavy atom. The quantitative estimate of drug-likeness (QED) is 0.930. The topological polar surface area (TPSA) is 45.2 Å². The van der Waals surface area contributed by atoms with Crippen LogP contribution >= 0.6 is 11.3 Å². The number of likely N-dealkylation sites (N-methyl/N-ethyl adjacent to an activating group) is 1. The molecule has 110 valence electrons. The maximum absolute atomic E-state index is 12.5. The Morgan fingerprint density at radius 3 is 3.00 bits per heavy atom. The lowest BCUT2D eigenvalue weighted by molar-refractivity contribution is -0.132. The molecule has 1 aromatic rings. The second kappa shape index (κ2) is 5.82. The lowest BCUT2D eigenvalue weighted by Crippen LogP contribution is -2.43. The molecule has 1 aromatic heterocycles. The van der Waals surface area contributed by atoms with E-state index in [4.69, 9.17) is 0 Å². The van der Waals surface area contributed by atoms with E-state index < -0.39 is 0 Å². The van der Waals surface area contributed by atoms with Gasteiger partial charge >= 0.3 is 0 Å². The van der Waals surface area contributed by atoms with E-state index in [0.717, 1.165) is 17.1 Å². The average molecular weight is 293 g/mol. The predicted molar refractivity (Wildman–Crippen MR) is 80.6 cm³/mol. The van der Waals surface area contributed by atoms with Crippen LogP contribution in [-0.4, -0.2) is 34.9 Å². The Balaban J connectivity index is 1.58. The van der Waals surface area contributed by atoms with Gasteiger partial charge in [-0.1, -0.05) is 12.8 Å². The van der Waals surface area contributed by atoms with Gasteiger partial charge in [0.2, 0.25) is 5.91 Å². The minimum absolute atomic E-state index is 0.0211. The van der Waals surface area contributed by atoms with E-state index in [1.54, 1.807) is 11.3 Å². The first-order valence-corrected chi connectivity index (χ1v) is 8.43. The van der Waals surface area contributed by atoms with Crippen LogP contribution in [0, 0.1) is 12.8 Å². The van der Waals surface area contributed by atoms with Crippen LogP contribution in [0.5, 0.6) is 0 Å². The summed E-state index contributed by atoms with van der Waals surface area (Å²) in [6.07, 6.45) is 6.19. The molecule has 2 aliphatic rings. The number of nitrogens with zero attached hydrogens (tertiary/aromatic N) is 2. The highest BCUT2D eigenvalue weighted by atomic mass is 32.1. The summed E-state index contributed by atoms with van der Waals surface area (Å²) < 4.78 is 0. The number of aromatic nitrogens is 1. The fourth-order valence-corrected chi connectivity index (χ4v) is 4.18. The Hall–Kier alpha value is -0.940. The van der Waals surface area contributed by atoms with E-state index in [-0.39, 0.29) is 11.9 Å². The average Bonchev–Trinajstić information content (AvgIpc) is 3.03. The van der Waals surface area contributed by atoms with E-state index in [1.807, 2.05) is 24.3 Å². The Bertz CT molecular complexity index is 473. The lowest BCUT2D eigenvalue weighted by atomic mass is 9.85. The molecule has 0 bridgehead atoms. The molecule has 0 spiro atoms. The number of aryl methyl sites for hydroxylation is 1. The maximum Gasteiger partial charge on any atom is 0.239 e. The summed E-state index contributed by atoms with van der Waals surface area (Å²) in [5, 5.41) is 6.66. The van der Waals surface area contributed by atoms with Gasteiger partial charge in [-0.15, -0.1) is 11.3 Å². The molecule has 3 atom stereocenters. The zero-order valence-corrected chi connectivity index (χ0v) is 13.1. The molecule has 3 rings (SSSR count). The summed E-state index contributed by atoms with van der Waals surface area (Å²) in [6, 6.07) is 0.598. The van der Waals surface area contributed by atoms with Gasteiger partial charge in [-0.05, 0) is 32.1 Å². The second-order valence-electron chi connectivity index (χ2n) is 6.16. The molecule has 1 aliphatic heterocycles. The third kappa shape index (κ3) is 2.88. The van der Waals surface area contributed by atoms with Crippen molar-refractivity contribution in [2.24, 2.45) is 5.92 Å². The van der Waals surface area contributed by atoms with Gasteiger partial charge in [-0.2, -0.15) is 0 Å². The van der Waals surface area contributed by atoms with Gasteiger partial charge in [0.1, 0.15) is 0 Å². The molecular formula is C15H23N3OS. The summed E-state index contributed by atoms with van der Waals surface area (Å²) in [4.78, 5) is 18.8. The molecule has 2 heterocycles. The molecule has 2 fully saturated rings. The number of rotatable bonds is 3. The molecule has 1 saturated heterocycles. The normalized spacial score (nSPS) is 29.2. The Labute approximate surface area is 124 Å². The van der Waals surface area contributed by atoms with Crippen molar-refractivity contribution in [3.05, 3.63) is 16.1 Å². The molecular weight excluding hydrogens is 270 g/mol. The van der Waals surface area contributed by atoms with Gasteiger partial charge in [0.15, 0.2) is 0 Å². The van der Waals surface area contributed by atoms with E-state index in [9.17, 15) is 4.79 Å². The largest absolute Gasteiger partial charge is 0.338 e. The van der Waals surface area contributed by atoms with Gasteiger partial charge in [-0.3, -0.25) is 4.79 Å². The molecule has 0 radical (unpaired) electrons. The SMILES string of the molecule is Cc1nc(CN(C)C(=O)C2CC3CCCCC3N2)cs1. The third-order valence-corrected chi connectivity index (χ3v) is 5.43. The minimum atomic E-state index is 0.0211. The number of thiazole rings is 1. The Kier molecular flexibility index (Phi) is 4.08. The first kappa shape index (κ1) is 14.0. The van der Waals surface area contributed by atoms with Gasteiger partial charge in [0.25, 0.3) is 0 Å². The molecule has 3 unspecified atom stereocenters. The van der Waals surface area contributed by atoms with Crippen molar-refractivity contribution in [2.75, 3.05) is 7.05 Å². The van der Waals surface area contributed by atoms with Crippen LogP contribution in [-0.2, 0) is 11.3 Å². The van der Waals surface area contributed by atoms with Crippen LogP contribution in [0.15, 0.2) is 5.38 Å². The monoisotopic (exact) mass is 293 g/mol. The van der Waals surface area contributed by atoms with Crippen LogP contribution in [0.1, 0.15) is 42.8 Å². The highest BCUT2D eigenvalue weighted by Gasteiger charge is 2.39. The fourth-order valence-electron chi connectivity index (χ4n) is 3.58. The van der Waals surface area contributed by atoms with Gasteiger partial charge in [-0.25, -0.2) is 4.98 Å². The highest BCUT2D eigenvalue weighted by molar-refractivity contribution is 7.09. The minimum Gasteiger partial charge on any atom is -0.338 e.